The summed E-state index contributed by atoms with van der Waals surface area (Å²) < 4.78 is 73.2. The summed E-state index contributed by atoms with van der Waals surface area (Å²) >= 11 is 12.4. The van der Waals surface area contributed by atoms with Crippen LogP contribution in [0.3, 0.4) is 0 Å². The molecule has 0 fully saturated rings. The number of hydrogen-bond donors (Lipinski definition) is 1. The van der Waals surface area contributed by atoms with Crippen LogP contribution < -0.4 is 15.2 Å². The third-order valence-corrected chi connectivity index (χ3v) is 5.52. The summed E-state index contributed by atoms with van der Waals surface area (Å²) in [6.07, 6.45) is -3.57. The predicted octanol–water partition coefficient (Wildman–Crippen LogP) is 7.16. The highest BCUT2D eigenvalue weighted by Crippen LogP contribution is 2.38. The Hall–Kier alpha value is -2.81. The lowest BCUT2D eigenvalue weighted by atomic mass is 10.0. The molecule has 1 heterocycles. The summed E-state index contributed by atoms with van der Waals surface area (Å²) in [6.45, 7) is -0.241. The standard InChI is InChI=1S/C23H15Cl2F5N2O/c24-18-2-1-3-19(25)22(18)32-15(11-21(31-32)23(28,29)30)12-33-16-7-4-13(5-8-16)17-10-14(26)6-9-20(17)27/h1-11,21,31H,12H2. The van der Waals surface area contributed by atoms with Crippen LogP contribution in [0.1, 0.15) is 0 Å². The minimum absolute atomic E-state index is 0.0804. The van der Waals surface area contributed by atoms with E-state index in [2.05, 4.69) is 5.43 Å². The maximum Gasteiger partial charge on any atom is 0.409 e. The Morgan fingerprint density at radius 2 is 1.61 bits per heavy atom. The van der Waals surface area contributed by atoms with Gasteiger partial charge in [-0.2, -0.15) is 13.2 Å². The second kappa shape index (κ2) is 9.21. The van der Waals surface area contributed by atoms with E-state index in [1.54, 1.807) is 6.07 Å². The second-order valence-corrected chi connectivity index (χ2v) is 7.96. The van der Waals surface area contributed by atoms with Gasteiger partial charge in [0.2, 0.25) is 0 Å². The molecule has 0 aliphatic carbocycles. The number of rotatable bonds is 5. The Bertz CT molecular complexity index is 1180. The van der Waals surface area contributed by atoms with E-state index in [1.807, 2.05) is 0 Å². The zero-order valence-electron chi connectivity index (χ0n) is 16.6. The molecule has 0 spiro atoms. The lowest BCUT2D eigenvalue weighted by Gasteiger charge is -2.26. The van der Waals surface area contributed by atoms with Crippen LogP contribution in [0.2, 0.25) is 10.0 Å². The van der Waals surface area contributed by atoms with Gasteiger partial charge in [0.05, 0.1) is 21.4 Å². The number of para-hydroxylation sites is 1. The topological polar surface area (TPSA) is 24.5 Å². The van der Waals surface area contributed by atoms with Gasteiger partial charge in [0, 0.05) is 5.56 Å². The Morgan fingerprint density at radius 3 is 2.24 bits per heavy atom. The normalized spacial score (nSPS) is 16.2. The van der Waals surface area contributed by atoms with Crippen molar-refractivity contribution in [2.24, 2.45) is 0 Å². The maximum absolute atomic E-state index is 14.0. The van der Waals surface area contributed by atoms with Gasteiger partial charge in [-0.1, -0.05) is 41.4 Å². The number of anilines is 1. The van der Waals surface area contributed by atoms with E-state index in [9.17, 15) is 22.0 Å². The Morgan fingerprint density at radius 1 is 0.939 bits per heavy atom. The molecule has 3 nitrogen and oxygen atoms in total. The molecule has 0 saturated carbocycles. The molecule has 1 aliphatic rings. The predicted molar refractivity (Wildman–Crippen MR) is 117 cm³/mol. The molecule has 3 aromatic carbocycles. The number of alkyl halides is 3. The van der Waals surface area contributed by atoms with Crippen LogP contribution >= 0.6 is 23.2 Å². The molecule has 1 aliphatic heterocycles. The van der Waals surface area contributed by atoms with Crippen LogP contribution in [0, 0.1) is 11.6 Å². The number of nitrogens with zero attached hydrogens (tertiary/aromatic N) is 1. The molecule has 0 amide bonds. The summed E-state index contributed by atoms with van der Waals surface area (Å²) in [5, 5.41) is 1.47. The van der Waals surface area contributed by atoms with E-state index in [1.165, 1.54) is 36.4 Å². The first-order valence-corrected chi connectivity index (χ1v) is 10.3. The van der Waals surface area contributed by atoms with Crippen molar-refractivity contribution in [3.05, 3.63) is 94.1 Å². The van der Waals surface area contributed by atoms with Gasteiger partial charge in [-0.25, -0.2) is 14.2 Å². The van der Waals surface area contributed by atoms with Crippen molar-refractivity contribution < 1.29 is 26.7 Å². The average Bonchev–Trinajstić information content (AvgIpc) is 3.19. The van der Waals surface area contributed by atoms with E-state index < -0.39 is 23.9 Å². The van der Waals surface area contributed by atoms with E-state index in [0.717, 1.165) is 29.3 Å². The van der Waals surface area contributed by atoms with Crippen LogP contribution in [-0.4, -0.2) is 18.8 Å². The lowest BCUT2D eigenvalue weighted by Crippen LogP contribution is -2.45. The lowest BCUT2D eigenvalue weighted by molar-refractivity contribution is -0.142. The number of benzene rings is 3. The van der Waals surface area contributed by atoms with Crippen LogP contribution in [0.5, 0.6) is 5.75 Å². The van der Waals surface area contributed by atoms with Crippen molar-refractivity contribution in [1.82, 2.24) is 5.43 Å². The fraction of sp³-hybridized carbons (Fsp3) is 0.130. The summed E-state index contributed by atoms with van der Waals surface area (Å²) in [5.74, 6) is -0.847. The maximum atomic E-state index is 14.0. The Balaban J connectivity index is 1.55. The van der Waals surface area contributed by atoms with Crippen LogP contribution in [0.25, 0.3) is 11.1 Å². The number of hydrogen-bond acceptors (Lipinski definition) is 3. The van der Waals surface area contributed by atoms with Gasteiger partial charge in [0.1, 0.15) is 30.0 Å². The van der Waals surface area contributed by atoms with Crippen molar-refractivity contribution in [3.8, 4) is 16.9 Å². The van der Waals surface area contributed by atoms with Crippen molar-refractivity contribution in [1.29, 1.82) is 0 Å². The zero-order chi connectivity index (χ0) is 23.8. The molecule has 10 heteroatoms. The number of ether oxygens (including phenoxy) is 1. The summed E-state index contributed by atoms with van der Waals surface area (Å²) in [6, 6.07) is 11.8. The van der Waals surface area contributed by atoms with Gasteiger partial charge in [0.25, 0.3) is 0 Å². The molecule has 0 aromatic heterocycles. The van der Waals surface area contributed by atoms with Gasteiger partial charge in [-0.15, -0.1) is 0 Å². The van der Waals surface area contributed by atoms with Crippen molar-refractivity contribution >= 4 is 28.9 Å². The average molecular weight is 501 g/mol. The molecule has 3 aromatic rings. The largest absolute Gasteiger partial charge is 0.487 e. The molecule has 33 heavy (non-hydrogen) atoms. The highest BCUT2D eigenvalue weighted by Gasteiger charge is 2.44. The van der Waals surface area contributed by atoms with Crippen molar-refractivity contribution in [2.75, 3.05) is 11.6 Å². The summed E-state index contributed by atoms with van der Waals surface area (Å²) in [5.41, 5.74) is 3.16. The molecule has 1 unspecified atom stereocenters. The SMILES string of the molecule is Fc1ccc(F)c(-c2ccc(OCC3=CC(C(F)(F)F)NN3c3c(Cl)cccc3Cl)cc2)c1. The fourth-order valence-corrected chi connectivity index (χ4v) is 3.89. The van der Waals surface area contributed by atoms with Crippen molar-refractivity contribution in [2.45, 2.75) is 12.2 Å². The summed E-state index contributed by atoms with van der Waals surface area (Å²) in [7, 11) is 0. The van der Waals surface area contributed by atoms with Crippen LogP contribution in [0.15, 0.2) is 72.4 Å². The second-order valence-electron chi connectivity index (χ2n) is 7.15. The molecule has 0 radical (unpaired) electrons. The first-order chi connectivity index (χ1) is 15.6. The first kappa shape index (κ1) is 23.4. The van der Waals surface area contributed by atoms with E-state index >= 15 is 0 Å². The quantitative estimate of drug-likeness (QED) is 0.376. The molecular formula is C23H15Cl2F5N2O. The third kappa shape index (κ3) is 5.08. The molecule has 172 valence electrons. The van der Waals surface area contributed by atoms with Gasteiger partial charge >= 0.3 is 6.18 Å². The molecule has 0 saturated heterocycles. The van der Waals surface area contributed by atoms with Gasteiger partial charge < -0.3 is 4.74 Å². The third-order valence-electron chi connectivity index (χ3n) is 4.91. The Kier molecular flexibility index (Phi) is 6.52. The smallest absolute Gasteiger partial charge is 0.409 e. The van der Waals surface area contributed by atoms with E-state index in [0.29, 0.717) is 11.3 Å². The number of hydrazine groups is 1. The molecular weight excluding hydrogens is 486 g/mol. The van der Waals surface area contributed by atoms with Gasteiger partial charge in [0.15, 0.2) is 0 Å². The Labute approximate surface area is 196 Å². The molecule has 1 N–H and O–H groups in total. The molecule has 1 atom stereocenters. The minimum atomic E-state index is -4.55. The van der Waals surface area contributed by atoms with E-state index in [4.69, 9.17) is 27.9 Å². The van der Waals surface area contributed by atoms with Gasteiger partial charge in [-0.05, 0) is 54.1 Å². The highest BCUT2D eigenvalue weighted by atomic mass is 35.5. The van der Waals surface area contributed by atoms with Gasteiger partial charge in [-0.3, -0.25) is 5.01 Å². The zero-order valence-corrected chi connectivity index (χ0v) is 18.1. The minimum Gasteiger partial charge on any atom is -0.487 e. The highest BCUT2D eigenvalue weighted by molar-refractivity contribution is 6.39. The van der Waals surface area contributed by atoms with Crippen LogP contribution in [0.4, 0.5) is 27.6 Å². The van der Waals surface area contributed by atoms with Crippen LogP contribution in [-0.2, 0) is 0 Å². The molecule has 4 rings (SSSR count). The van der Waals surface area contributed by atoms with Crippen molar-refractivity contribution in [3.63, 3.8) is 0 Å². The van der Waals surface area contributed by atoms with E-state index in [-0.39, 0.29) is 33.6 Å². The number of nitrogens with one attached hydrogen (secondary N) is 1. The monoisotopic (exact) mass is 500 g/mol. The first-order valence-electron chi connectivity index (χ1n) is 9.59. The summed E-state index contributed by atoms with van der Waals surface area (Å²) in [4.78, 5) is 0. The fourth-order valence-electron chi connectivity index (χ4n) is 3.32. The number of halogens is 7. The molecule has 0 bridgehead atoms.